The molecule has 1 aromatic heterocycles. The van der Waals surface area contributed by atoms with Crippen LogP contribution < -0.4 is 5.32 Å². The van der Waals surface area contributed by atoms with Crippen molar-refractivity contribution in [1.29, 1.82) is 0 Å². The highest BCUT2D eigenvalue weighted by atomic mass is 32.1. The number of rotatable bonds is 7. The summed E-state index contributed by atoms with van der Waals surface area (Å²) in [5.41, 5.74) is 1.20. The molecule has 1 aliphatic carbocycles. The Hall–Kier alpha value is -0.450. The maximum atomic E-state index is 4.54. The number of hydrogen-bond donors (Lipinski definition) is 1. The van der Waals surface area contributed by atoms with Crippen LogP contribution in [0.25, 0.3) is 0 Å². The van der Waals surface area contributed by atoms with Crippen LogP contribution >= 0.6 is 11.3 Å². The van der Waals surface area contributed by atoms with Gasteiger partial charge in [0.25, 0.3) is 0 Å². The molecule has 1 fully saturated rings. The summed E-state index contributed by atoms with van der Waals surface area (Å²) in [5, 5.41) is 6.95. The van der Waals surface area contributed by atoms with Gasteiger partial charge in [-0.25, -0.2) is 4.98 Å². The summed E-state index contributed by atoms with van der Waals surface area (Å²) in [4.78, 5) is 6.95. The number of aromatic nitrogens is 1. The topological polar surface area (TPSA) is 28.2 Å². The highest BCUT2D eigenvalue weighted by molar-refractivity contribution is 7.09. The van der Waals surface area contributed by atoms with Crippen LogP contribution in [0.3, 0.4) is 0 Å². The Morgan fingerprint density at radius 3 is 2.78 bits per heavy atom. The lowest BCUT2D eigenvalue weighted by atomic mass is 10.0. The van der Waals surface area contributed by atoms with Crippen LogP contribution in [-0.4, -0.2) is 35.6 Å². The molecule has 0 amide bonds. The van der Waals surface area contributed by atoms with E-state index in [1.807, 2.05) is 0 Å². The van der Waals surface area contributed by atoms with Crippen LogP contribution in [0.15, 0.2) is 5.38 Å². The largest absolute Gasteiger partial charge is 0.314 e. The van der Waals surface area contributed by atoms with E-state index in [1.54, 1.807) is 11.3 Å². The van der Waals surface area contributed by atoms with Crippen molar-refractivity contribution in [1.82, 2.24) is 15.2 Å². The highest BCUT2D eigenvalue weighted by Crippen LogP contribution is 2.20. The molecule has 2 unspecified atom stereocenters. The van der Waals surface area contributed by atoms with Crippen molar-refractivity contribution in [2.75, 3.05) is 13.6 Å². The van der Waals surface area contributed by atoms with Crippen molar-refractivity contribution in [2.24, 2.45) is 5.92 Å². The molecule has 0 bridgehead atoms. The van der Waals surface area contributed by atoms with Gasteiger partial charge >= 0.3 is 0 Å². The first-order chi connectivity index (χ1) is 8.56. The van der Waals surface area contributed by atoms with Crippen LogP contribution in [-0.2, 0) is 6.54 Å². The maximum Gasteiger partial charge on any atom is 0.0897 e. The van der Waals surface area contributed by atoms with Gasteiger partial charge in [-0.2, -0.15) is 0 Å². The third kappa shape index (κ3) is 4.04. The normalized spacial score (nSPS) is 19.2. The molecule has 1 N–H and O–H groups in total. The van der Waals surface area contributed by atoms with E-state index in [4.69, 9.17) is 0 Å². The van der Waals surface area contributed by atoms with E-state index in [0.717, 1.165) is 24.1 Å². The molecule has 2 atom stereocenters. The van der Waals surface area contributed by atoms with Crippen LogP contribution in [0.5, 0.6) is 0 Å². The number of nitrogens with zero attached hydrogens (tertiary/aromatic N) is 2. The SMILES string of the molecule is Cc1nc(CN(C)C(C)C(C)CNC2CC2)cs1. The van der Waals surface area contributed by atoms with Gasteiger partial charge in [-0.15, -0.1) is 11.3 Å². The smallest absolute Gasteiger partial charge is 0.0897 e. The molecule has 0 radical (unpaired) electrons. The van der Waals surface area contributed by atoms with Crippen molar-refractivity contribution in [3.05, 3.63) is 16.1 Å². The lowest BCUT2D eigenvalue weighted by molar-refractivity contribution is 0.187. The predicted octanol–water partition coefficient (Wildman–Crippen LogP) is 2.66. The van der Waals surface area contributed by atoms with E-state index in [-0.39, 0.29) is 0 Å². The van der Waals surface area contributed by atoms with E-state index >= 15 is 0 Å². The molecule has 102 valence electrons. The van der Waals surface area contributed by atoms with Crippen molar-refractivity contribution in [3.8, 4) is 0 Å². The third-order valence-corrected chi connectivity index (χ3v) is 4.72. The fourth-order valence-electron chi connectivity index (χ4n) is 2.13. The molecular formula is C14H25N3S. The molecule has 0 saturated heterocycles. The van der Waals surface area contributed by atoms with E-state index < -0.39 is 0 Å². The van der Waals surface area contributed by atoms with Crippen LogP contribution in [0, 0.1) is 12.8 Å². The highest BCUT2D eigenvalue weighted by Gasteiger charge is 2.23. The van der Waals surface area contributed by atoms with E-state index in [2.05, 4.69) is 48.4 Å². The summed E-state index contributed by atoms with van der Waals surface area (Å²) in [6.45, 7) is 8.81. The van der Waals surface area contributed by atoms with Crippen LogP contribution in [0.4, 0.5) is 0 Å². The molecule has 0 aromatic carbocycles. The van der Waals surface area contributed by atoms with Gasteiger partial charge in [0.1, 0.15) is 0 Å². The second-order valence-corrected chi connectivity index (χ2v) is 6.74. The zero-order valence-electron chi connectivity index (χ0n) is 11.9. The average molecular weight is 267 g/mol. The third-order valence-electron chi connectivity index (χ3n) is 3.90. The second-order valence-electron chi connectivity index (χ2n) is 5.67. The quantitative estimate of drug-likeness (QED) is 0.823. The van der Waals surface area contributed by atoms with E-state index in [0.29, 0.717) is 12.0 Å². The minimum Gasteiger partial charge on any atom is -0.314 e. The fourth-order valence-corrected chi connectivity index (χ4v) is 2.73. The molecule has 1 saturated carbocycles. The standard InChI is InChI=1S/C14H25N3S/c1-10(7-15-13-5-6-13)11(2)17(4)8-14-9-18-12(3)16-14/h9-11,13,15H,5-8H2,1-4H3. The first-order valence-electron chi connectivity index (χ1n) is 6.91. The Morgan fingerprint density at radius 1 is 1.50 bits per heavy atom. The zero-order valence-corrected chi connectivity index (χ0v) is 12.8. The number of thiazole rings is 1. The summed E-state index contributed by atoms with van der Waals surface area (Å²) in [6.07, 6.45) is 2.74. The Bertz CT molecular complexity index is 373. The zero-order chi connectivity index (χ0) is 13.1. The van der Waals surface area contributed by atoms with Gasteiger partial charge in [0.15, 0.2) is 0 Å². The van der Waals surface area contributed by atoms with Crippen molar-refractivity contribution < 1.29 is 0 Å². The lowest BCUT2D eigenvalue weighted by Crippen LogP contribution is -2.39. The van der Waals surface area contributed by atoms with Crippen LogP contribution in [0.1, 0.15) is 37.4 Å². The first kappa shape index (κ1) is 14.0. The summed E-state index contributed by atoms with van der Waals surface area (Å²) in [6, 6.07) is 1.39. The van der Waals surface area contributed by atoms with Crippen molar-refractivity contribution in [2.45, 2.75) is 52.2 Å². The van der Waals surface area contributed by atoms with Gasteiger partial charge in [0.2, 0.25) is 0 Å². The van der Waals surface area contributed by atoms with Gasteiger partial charge in [0.05, 0.1) is 10.7 Å². The molecule has 1 aliphatic rings. The van der Waals surface area contributed by atoms with Crippen molar-refractivity contribution in [3.63, 3.8) is 0 Å². The maximum absolute atomic E-state index is 4.54. The van der Waals surface area contributed by atoms with Gasteiger partial charge in [0, 0.05) is 24.0 Å². The molecule has 4 heteroatoms. The summed E-state index contributed by atoms with van der Waals surface area (Å²) < 4.78 is 0. The van der Waals surface area contributed by atoms with Gasteiger partial charge in [-0.1, -0.05) is 6.92 Å². The van der Waals surface area contributed by atoms with E-state index in [9.17, 15) is 0 Å². The number of aryl methyl sites for hydroxylation is 1. The molecule has 1 heterocycles. The predicted molar refractivity (Wildman–Crippen MR) is 78.0 cm³/mol. The Labute approximate surface area is 115 Å². The minimum atomic E-state index is 0.582. The summed E-state index contributed by atoms with van der Waals surface area (Å²) >= 11 is 1.74. The number of nitrogens with one attached hydrogen (secondary N) is 1. The van der Waals surface area contributed by atoms with Crippen molar-refractivity contribution >= 4 is 11.3 Å². The Kier molecular flexibility index (Phi) is 4.76. The molecule has 18 heavy (non-hydrogen) atoms. The van der Waals surface area contributed by atoms with Gasteiger partial charge in [-0.05, 0) is 46.2 Å². The molecular weight excluding hydrogens is 242 g/mol. The average Bonchev–Trinajstić information content (AvgIpc) is 3.08. The van der Waals surface area contributed by atoms with E-state index in [1.165, 1.54) is 18.5 Å². The Balaban J connectivity index is 1.77. The second kappa shape index (κ2) is 6.13. The molecule has 3 nitrogen and oxygen atoms in total. The molecule has 1 aromatic rings. The monoisotopic (exact) mass is 267 g/mol. The Morgan fingerprint density at radius 2 is 2.22 bits per heavy atom. The first-order valence-corrected chi connectivity index (χ1v) is 7.79. The molecule has 2 rings (SSSR count). The summed E-state index contributed by atoms with van der Waals surface area (Å²) in [7, 11) is 2.20. The minimum absolute atomic E-state index is 0.582. The lowest BCUT2D eigenvalue weighted by Gasteiger charge is -2.29. The molecule has 0 aliphatic heterocycles. The van der Waals surface area contributed by atoms with Gasteiger partial charge in [-0.3, -0.25) is 4.90 Å². The fraction of sp³-hybridized carbons (Fsp3) is 0.786. The number of hydrogen-bond acceptors (Lipinski definition) is 4. The van der Waals surface area contributed by atoms with Crippen LogP contribution in [0.2, 0.25) is 0 Å². The summed E-state index contributed by atoms with van der Waals surface area (Å²) in [5.74, 6) is 0.676. The van der Waals surface area contributed by atoms with Gasteiger partial charge < -0.3 is 5.32 Å². The molecule has 0 spiro atoms.